The molecular formula is C6H11IN4. The van der Waals surface area contributed by atoms with E-state index in [2.05, 4.69) is 32.0 Å². The van der Waals surface area contributed by atoms with Crippen LogP contribution in [0.25, 0.3) is 0 Å². The van der Waals surface area contributed by atoms with Crippen LogP contribution in [0.5, 0.6) is 0 Å². The minimum atomic E-state index is 0.214. The molecule has 0 bridgehead atoms. The van der Waals surface area contributed by atoms with Gasteiger partial charge < -0.3 is 0 Å². The first-order valence-corrected chi connectivity index (χ1v) is 4.49. The van der Waals surface area contributed by atoms with Gasteiger partial charge in [0.1, 0.15) is 0 Å². The monoisotopic (exact) mass is 266 g/mol. The molecule has 0 spiro atoms. The van der Waals surface area contributed by atoms with Gasteiger partial charge in [0.05, 0.1) is 18.5 Å². The van der Waals surface area contributed by atoms with Crippen molar-refractivity contribution in [2.75, 3.05) is 19.6 Å². The van der Waals surface area contributed by atoms with Crippen LogP contribution in [0.1, 0.15) is 6.42 Å². The van der Waals surface area contributed by atoms with Gasteiger partial charge in [0, 0.05) is 42.5 Å². The molecule has 1 atom stereocenters. The standard InChI is InChI=1S/C6H11IN4/c7-10-3-4-11(9)6(5-10)1-2-8/h6H,1,3-5,9H2. The maximum atomic E-state index is 8.47. The van der Waals surface area contributed by atoms with Crippen molar-refractivity contribution in [2.45, 2.75) is 12.5 Å². The van der Waals surface area contributed by atoms with E-state index in [9.17, 15) is 0 Å². The Morgan fingerprint density at radius 2 is 2.36 bits per heavy atom. The van der Waals surface area contributed by atoms with Crippen molar-refractivity contribution < 1.29 is 0 Å². The summed E-state index contributed by atoms with van der Waals surface area (Å²) in [5, 5.41) is 10.2. The van der Waals surface area contributed by atoms with Crippen molar-refractivity contribution in [1.29, 1.82) is 5.26 Å². The van der Waals surface area contributed by atoms with E-state index in [1.54, 1.807) is 5.01 Å². The van der Waals surface area contributed by atoms with Gasteiger partial charge in [0.2, 0.25) is 0 Å². The van der Waals surface area contributed by atoms with Gasteiger partial charge in [-0.05, 0) is 0 Å². The molecule has 4 nitrogen and oxygen atoms in total. The molecular weight excluding hydrogens is 255 g/mol. The van der Waals surface area contributed by atoms with Gasteiger partial charge in [-0.25, -0.2) is 8.12 Å². The summed E-state index contributed by atoms with van der Waals surface area (Å²) in [6, 6.07) is 2.35. The van der Waals surface area contributed by atoms with Crippen molar-refractivity contribution in [3.63, 3.8) is 0 Å². The van der Waals surface area contributed by atoms with Crippen molar-refractivity contribution in [2.24, 2.45) is 5.84 Å². The second-order valence-electron chi connectivity index (χ2n) is 2.62. The number of hydrazine groups is 1. The Labute approximate surface area is 80.4 Å². The summed E-state index contributed by atoms with van der Waals surface area (Å²) >= 11 is 2.26. The molecule has 1 saturated heterocycles. The Hall–Kier alpha value is 0.1000. The Balaban J connectivity index is 2.42. The van der Waals surface area contributed by atoms with Crippen LogP contribution in [-0.2, 0) is 0 Å². The fourth-order valence-corrected chi connectivity index (χ4v) is 1.79. The van der Waals surface area contributed by atoms with Crippen molar-refractivity contribution in [3.05, 3.63) is 0 Å². The molecule has 2 N–H and O–H groups in total. The highest BCUT2D eigenvalue weighted by Gasteiger charge is 2.22. The van der Waals surface area contributed by atoms with Crippen molar-refractivity contribution >= 4 is 22.9 Å². The van der Waals surface area contributed by atoms with Crippen LogP contribution in [0.15, 0.2) is 0 Å². The molecule has 11 heavy (non-hydrogen) atoms. The first-order chi connectivity index (χ1) is 5.24. The van der Waals surface area contributed by atoms with E-state index in [4.69, 9.17) is 11.1 Å². The summed E-state index contributed by atoms with van der Waals surface area (Å²) in [4.78, 5) is 0. The van der Waals surface area contributed by atoms with Crippen LogP contribution >= 0.6 is 22.9 Å². The first-order valence-electron chi connectivity index (χ1n) is 3.53. The minimum Gasteiger partial charge on any atom is -0.268 e. The summed E-state index contributed by atoms with van der Waals surface area (Å²) < 4.78 is 2.17. The smallest absolute Gasteiger partial charge is 0.0639 e. The van der Waals surface area contributed by atoms with Gasteiger partial charge in [0.25, 0.3) is 0 Å². The molecule has 0 aliphatic carbocycles. The zero-order chi connectivity index (χ0) is 8.27. The SMILES string of the molecule is N#CCC1CN(I)CCN1N. The van der Waals surface area contributed by atoms with Crippen LogP contribution < -0.4 is 5.84 Å². The number of nitriles is 1. The maximum Gasteiger partial charge on any atom is 0.0639 e. The van der Waals surface area contributed by atoms with E-state index in [1.165, 1.54) is 0 Å². The van der Waals surface area contributed by atoms with Crippen molar-refractivity contribution in [1.82, 2.24) is 8.12 Å². The molecule has 0 saturated carbocycles. The van der Waals surface area contributed by atoms with Crippen LogP contribution in [0.2, 0.25) is 0 Å². The topological polar surface area (TPSA) is 56.3 Å². The van der Waals surface area contributed by atoms with Gasteiger partial charge >= 0.3 is 0 Å². The summed E-state index contributed by atoms with van der Waals surface area (Å²) in [7, 11) is 0. The predicted octanol–water partition coefficient (Wildman–Crippen LogP) is 0.110. The minimum absolute atomic E-state index is 0.214. The fraction of sp³-hybridized carbons (Fsp3) is 0.833. The second-order valence-corrected chi connectivity index (χ2v) is 3.99. The molecule has 62 valence electrons. The molecule has 1 rings (SSSR count). The van der Waals surface area contributed by atoms with E-state index < -0.39 is 0 Å². The zero-order valence-electron chi connectivity index (χ0n) is 6.20. The largest absolute Gasteiger partial charge is 0.268 e. The van der Waals surface area contributed by atoms with Gasteiger partial charge in [-0.15, -0.1) is 0 Å². The lowest BCUT2D eigenvalue weighted by Crippen LogP contribution is -2.53. The predicted molar refractivity (Wildman–Crippen MR) is 50.5 cm³/mol. The Bertz CT molecular complexity index is 166. The molecule has 1 aliphatic heterocycles. The maximum absolute atomic E-state index is 8.47. The molecule has 0 amide bonds. The van der Waals surface area contributed by atoms with Crippen LogP contribution in [-0.4, -0.2) is 33.8 Å². The van der Waals surface area contributed by atoms with E-state index in [0.717, 1.165) is 19.6 Å². The highest BCUT2D eigenvalue weighted by molar-refractivity contribution is 14.1. The molecule has 0 radical (unpaired) electrons. The lowest BCUT2D eigenvalue weighted by Gasteiger charge is -2.34. The van der Waals surface area contributed by atoms with Crippen LogP contribution in [0.3, 0.4) is 0 Å². The number of hydrogen-bond donors (Lipinski definition) is 1. The number of hydrogen-bond acceptors (Lipinski definition) is 4. The zero-order valence-corrected chi connectivity index (χ0v) is 8.36. The number of halogens is 1. The molecule has 1 unspecified atom stereocenters. The molecule has 1 aliphatic rings. The van der Waals surface area contributed by atoms with Gasteiger partial charge in [0.15, 0.2) is 0 Å². The van der Waals surface area contributed by atoms with E-state index in [0.29, 0.717) is 6.42 Å². The third-order valence-corrected chi connectivity index (χ3v) is 2.68. The Morgan fingerprint density at radius 3 is 3.00 bits per heavy atom. The van der Waals surface area contributed by atoms with Crippen LogP contribution in [0, 0.1) is 11.3 Å². The molecule has 0 aromatic carbocycles. The number of piperazine rings is 1. The Morgan fingerprint density at radius 1 is 1.64 bits per heavy atom. The van der Waals surface area contributed by atoms with E-state index in [1.807, 2.05) is 0 Å². The molecule has 1 fully saturated rings. The Kier molecular flexibility index (Phi) is 3.51. The van der Waals surface area contributed by atoms with E-state index in [-0.39, 0.29) is 6.04 Å². The normalized spacial score (nSPS) is 28.3. The number of rotatable bonds is 1. The van der Waals surface area contributed by atoms with Gasteiger partial charge in [-0.1, -0.05) is 0 Å². The quantitative estimate of drug-likeness (QED) is 0.416. The third kappa shape index (κ3) is 2.56. The summed E-state index contributed by atoms with van der Waals surface area (Å²) in [6.07, 6.45) is 0.524. The first kappa shape index (κ1) is 9.19. The lowest BCUT2D eigenvalue weighted by atomic mass is 10.2. The highest BCUT2D eigenvalue weighted by atomic mass is 127. The third-order valence-electron chi connectivity index (χ3n) is 1.81. The highest BCUT2D eigenvalue weighted by Crippen LogP contribution is 2.11. The second kappa shape index (κ2) is 4.21. The molecule has 0 aromatic rings. The summed E-state index contributed by atoms with van der Waals surface area (Å²) in [6.45, 7) is 2.74. The van der Waals surface area contributed by atoms with Gasteiger partial charge in [-0.3, -0.25) is 5.84 Å². The summed E-state index contributed by atoms with van der Waals surface area (Å²) in [5.74, 6) is 5.68. The van der Waals surface area contributed by atoms with E-state index >= 15 is 0 Å². The molecule has 0 aromatic heterocycles. The average molecular weight is 266 g/mol. The van der Waals surface area contributed by atoms with Crippen molar-refractivity contribution in [3.8, 4) is 6.07 Å². The van der Waals surface area contributed by atoms with Crippen LogP contribution in [0.4, 0.5) is 0 Å². The molecule has 1 heterocycles. The lowest BCUT2D eigenvalue weighted by molar-refractivity contribution is 0.135. The number of nitrogens with zero attached hydrogens (tertiary/aromatic N) is 3. The number of nitrogens with two attached hydrogens (primary N) is 1. The summed E-state index contributed by atoms with van der Waals surface area (Å²) in [5.41, 5.74) is 0. The fourth-order valence-electron chi connectivity index (χ4n) is 1.12. The average Bonchev–Trinajstić information content (AvgIpc) is 1.98. The molecule has 5 heteroatoms. The van der Waals surface area contributed by atoms with Gasteiger partial charge in [-0.2, -0.15) is 5.26 Å².